The van der Waals surface area contributed by atoms with Crippen molar-refractivity contribution in [3.8, 4) is 5.75 Å². The number of esters is 1. The maximum atomic E-state index is 13.1. The highest BCUT2D eigenvalue weighted by molar-refractivity contribution is 6.07. The number of fused-ring (bicyclic) bond motifs is 3. The van der Waals surface area contributed by atoms with E-state index in [2.05, 4.69) is 16.0 Å². The number of piperidine rings is 2. The first-order valence-electron chi connectivity index (χ1n) is 11.4. The van der Waals surface area contributed by atoms with E-state index in [0.29, 0.717) is 17.2 Å². The van der Waals surface area contributed by atoms with E-state index in [1.54, 1.807) is 12.3 Å². The minimum Gasteiger partial charge on any atom is -0.472 e. The molecule has 2 aromatic heterocycles. The molecule has 2 unspecified atom stereocenters. The molecular formula is C25H28N2O4. The van der Waals surface area contributed by atoms with Crippen LogP contribution in [0.25, 0.3) is 10.9 Å². The maximum Gasteiger partial charge on any atom is 0.341 e. The number of hydrogen-bond donors (Lipinski definition) is 1. The third-order valence-electron chi connectivity index (χ3n) is 7.45. The number of aromatic nitrogens is 1. The molecule has 3 aliphatic heterocycles. The number of hydrogen-bond acceptors (Lipinski definition) is 5. The van der Waals surface area contributed by atoms with Crippen molar-refractivity contribution in [1.29, 1.82) is 0 Å². The van der Waals surface area contributed by atoms with Crippen LogP contribution in [0.3, 0.4) is 0 Å². The van der Waals surface area contributed by atoms with Gasteiger partial charge in [0.1, 0.15) is 18.1 Å². The summed E-state index contributed by atoms with van der Waals surface area (Å²) < 4.78 is 17.8. The van der Waals surface area contributed by atoms with Crippen LogP contribution in [0.1, 0.15) is 59.5 Å². The Morgan fingerprint density at radius 1 is 1.26 bits per heavy atom. The van der Waals surface area contributed by atoms with E-state index in [0.717, 1.165) is 53.8 Å². The molecule has 0 radical (unpaired) electrons. The zero-order chi connectivity index (χ0) is 21.0. The highest BCUT2D eigenvalue weighted by atomic mass is 16.5. The van der Waals surface area contributed by atoms with Gasteiger partial charge in [0.15, 0.2) is 5.72 Å². The van der Waals surface area contributed by atoms with E-state index in [1.165, 1.54) is 25.7 Å². The van der Waals surface area contributed by atoms with Crippen LogP contribution in [0.15, 0.2) is 34.9 Å². The largest absolute Gasteiger partial charge is 0.472 e. The number of furan rings is 1. The topological polar surface area (TPSA) is 67.7 Å². The van der Waals surface area contributed by atoms with Gasteiger partial charge in [0, 0.05) is 47.6 Å². The Morgan fingerprint density at radius 2 is 2.16 bits per heavy atom. The number of nitrogens with zero attached hydrogens (tertiary/aromatic N) is 1. The third kappa shape index (κ3) is 2.92. The standard InChI is InChI=1S/C25H28N2O4/c1-16-22(24(28)30-15-18-7-5-13-29-18)23-19-14-17-6-4-12-27-11-3-2-10-25(17,27)31-21(19)9-8-20(23)26-16/h5,7-9,13,17,26H,2-4,6,10-12,14-15H2,1H3. The zero-order valence-electron chi connectivity index (χ0n) is 17.9. The summed E-state index contributed by atoms with van der Waals surface area (Å²) in [6, 6.07) is 7.72. The Balaban J connectivity index is 1.40. The lowest BCUT2D eigenvalue weighted by Gasteiger charge is -2.56. The lowest BCUT2D eigenvalue weighted by molar-refractivity contribution is -0.177. The van der Waals surface area contributed by atoms with Crippen LogP contribution in [-0.4, -0.2) is 34.7 Å². The molecule has 2 atom stereocenters. The maximum absolute atomic E-state index is 13.1. The monoisotopic (exact) mass is 420 g/mol. The van der Waals surface area contributed by atoms with Crippen molar-refractivity contribution in [2.75, 3.05) is 13.1 Å². The molecule has 1 spiro atoms. The van der Waals surface area contributed by atoms with E-state index in [9.17, 15) is 4.79 Å². The van der Waals surface area contributed by atoms with Crippen LogP contribution < -0.4 is 4.74 Å². The predicted molar refractivity (Wildman–Crippen MR) is 116 cm³/mol. The first kappa shape index (κ1) is 19.0. The fourth-order valence-corrected chi connectivity index (χ4v) is 6.07. The highest BCUT2D eigenvalue weighted by Gasteiger charge is 2.52. The van der Waals surface area contributed by atoms with E-state index >= 15 is 0 Å². The average molecular weight is 421 g/mol. The van der Waals surface area contributed by atoms with Crippen molar-refractivity contribution in [3.05, 3.63) is 53.1 Å². The molecule has 3 aliphatic rings. The lowest BCUT2D eigenvalue weighted by atomic mass is 9.74. The molecule has 3 aromatic rings. The van der Waals surface area contributed by atoms with Crippen molar-refractivity contribution >= 4 is 16.9 Å². The molecule has 5 heterocycles. The summed E-state index contributed by atoms with van der Waals surface area (Å²) in [5.74, 6) is 1.70. The van der Waals surface area contributed by atoms with Gasteiger partial charge in [0.25, 0.3) is 0 Å². The van der Waals surface area contributed by atoms with Gasteiger partial charge in [-0.1, -0.05) is 0 Å². The van der Waals surface area contributed by atoms with Gasteiger partial charge in [0.2, 0.25) is 0 Å². The van der Waals surface area contributed by atoms with E-state index in [1.807, 2.05) is 19.1 Å². The van der Waals surface area contributed by atoms with Crippen LogP contribution >= 0.6 is 0 Å². The van der Waals surface area contributed by atoms with Crippen molar-refractivity contribution in [1.82, 2.24) is 9.88 Å². The molecular weight excluding hydrogens is 392 g/mol. The van der Waals surface area contributed by atoms with Gasteiger partial charge in [0.05, 0.1) is 11.8 Å². The van der Waals surface area contributed by atoms with Crippen LogP contribution in [0.2, 0.25) is 0 Å². The van der Waals surface area contributed by atoms with Gasteiger partial charge >= 0.3 is 5.97 Å². The fourth-order valence-electron chi connectivity index (χ4n) is 6.07. The lowest BCUT2D eigenvalue weighted by Crippen LogP contribution is -2.64. The molecule has 31 heavy (non-hydrogen) atoms. The van der Waals surface area contributed by atoms with Gasteiger partial charge < -0.3 is 18.9 Å². The molecule has 0 bridgehead atoms. The highest BCUT2D eigenvalue weighted by Crippen LogP contribution is 2.50. The van der Waals surface area contributed by atoms with E-state index in [4.69, 9.17) is 13.9 Å². The van der Waals surface area contributed by atoms with Gasteiger partial charge in [-0.05, 0) is 63.3 Å². The summed E-state index contributed by atoms with van der Waals surface area (Å²) >= 11 is 0. The first-order chi connectivity index (χ1) is 15.2. The summed E-state index contributed by atoms with van der Waals surface area (Å²) in [5, 5.41) is 0.960. The van der Waals surface area contributed by atoms with Crippen LogP contribution in [0, 0.1) is 12.8 Å². The number of ether oxygens (including phenoxy) is 2. The number of carbonyl (C=O) groups is 1. The fraction of sp³-hybridized carbons (Fsp3) is 0.480. The second-order valence-electron chi connectivity index (χ2n) is 9.18. The predicted octanol–water partition coefficient (Wildman–Crippen LogP) is 4.95. The average Bonchev–Trinajstić information content (AvgIpc) is 3.42. The van der Waals surface area contributed by atoms with Crippen LogP contribution in [0.5, 0.6) is 5.75 Å². The second kappa shape index (κ2) is 7.16. The smallest absolute Gasteiger partial charge is 0.341 e. The summed E-state index contributed by atoms with van der Waals surface area (Å²) in [6.07, 6.45) is 8.49. The Kier molecular flexibility index (Phi) is 4.39. The minimum atomic E-state index is -0.322. The number of aryl methyl sites for hydroxylation is 1. The number of rotatable bonds is 3. The number of H-pyrrole nitrogens is 1. The zero-order valence-corrected chi connectivity index (χ0v) is 17.9. The van der Waals surface area contributed by atoms with Crippen LogP contribution in [-0.2, 0) is 17.8 Å². The van der Waals surface area contributed by atoms with Crippen molar-refractivity contribution in [2.45, 2.75) is 57.8 Å². The number of carbonyl (C=O) groups excluding carboxylic acids is 1. The summed E-state index contributed by atoms with van der Waals surface area (Å²) in [4.78, 5) is 19.1. The first-order valence-corrected chi connectivity index (χ1v) is 11.4. The Bertz CT molecular complexity index is 1130. The SMILES string of the molecule is Cc1[nH]c2ccc3c(c2c1C(=O)OCc1ccco1)CC1CCCN2CCCCC12O3. The molecule has 1 N–H and O–H groups in total. The molecule has 162 valence electrons. The van der Waals surface area contributed by atoms with Crippen molar-refractivity contribution in [3.63, 3.8) is 0 Å². The molecule has 2 saturated heterocycles. The summed E-state index contributed by atoms with van der Waals surface area (Å²) in [6.45, 7) is 4.32. The Hall–Kier alpha value is -2.73. The van der Waals surface area contributed by atoms with Gasteiger partial charge in [-0.25, -0.2) is 4.79 Å². The molecule has 6 heteroatoms. The van der Waals surface area contributed by atoms with E-state index < -0.39 is 0 Å². The molecule has 1 aromatic carbocycles. The minimum absolute atomic E-state index is 0.129. The molecule has 0 amide bonds. The van der Waals surface area contributed by atoms with Gasteiger partial charge in [-0.3, -0.25) is 4.90 Å². The molecule has 6 nitrogen and oxygen atoms in total. The number of aromatic amines is 1. The Labute approximate surface area is 181 Å². The summed E-state index contributed by atoms with van der Waals surface area (Å²) in [5.41, 5.74) is 3.40. The van der Waals surface area contributed by atoms with Crippen molar-refractivity contribution < 1.29 is 18.7 Å². The normalized spacial score (nSPS) is 25.4. The molecule has 2 fully saturated rings. The molecule has 0 saturated carbocycles. The second-order valence-corrected chi connectivity index (χ2v) is 9.18. The van der Waals surface area contributed by atoms with E-state index in [-0.39, 0.29) is 18.3 Å². The van der Waals surface area contributed by atoms with Gasteiger partial charge in [-0.2, -0.15) is 0 Å². The molecule has 0 aliphatic carbocycles. The van der Waals surface area contributed by atoms with Crippen molar-refractivity contribution in [2.24, 2.45) is 5.92 Å². The third-order valence-corrected chi connectivity index (χ3v) is 7.45. The molecule has 6 rings (SSSR count). The number of benzene rings is 1. The number of nitrogens with one attached hydrogen (secondary N) is 1. The van der Waals surface area contributed by atoms with Gasteiger partial charge in [-0.15, -0.1) is 0 Å². The van der Waals surface area contributed by atoms with Crippen LogP contribution in [0.4, 0.5) is 0 Å². The Morgan fingerprint density at radius 3 is 3.03 bits per heavy atom. The summed E-state index contributed by atoms with van der Waals surface area (Å²) in [7, 11) is 0. The quantitative estimate of drug-likeness (QED) is 0.607.